The zero-order valence-corrected chi connectivity index (χ0v) is 17.6. The third-order valence-electron chi connectivity index (χ3n) is 6.08. The van der Waals surface area contributed by atoms with E-state index in [1.807, 2.05) is 13.0 Å². The molecule has 2 fully saturated rings. The van der Waals surface area contributed by atoms with E-state index in [1.165, 1.54) is 6.33 Å². The van der Waals surface area contributed by atoms with Crippen LogP contribution in [-0.2, 0) is 14.2 Å². The molecule has 3 aliphatic rings. The molecule has 1 aliphatic heterocycles. The Morgan fingerprint density at radius 2 is 2.20 bits per heavy atom. The van der Waals surface area contributed by atoms with Crippen molar-refractivity contribution in [2.45, 2.75) is 50.4 Å². The van der Waals surface area contributed by atoms with Crippen molar-refractivity contribution in [2.75, 3.05) is 38.3 Å². The predicted octanol–water partition coefficient (Wildman–Crippen LogP) is 2.18. The SMILES string of the molecule is COCC1CN(c2cc(C(=N)C3CC(OC4(C)CC4)=C(F)CC3N)ncn2)CCO1. The molecule has 3 atom stereocenters. The van der Waals surface area contributed by atoms with Crippen LogP contribution in [0.5, 0.6) is 0 Å². The van der Waals surface area contributed by atoms with Crippen molar-refractivity contribution in [3.8, 4) is 0 Å². The molecule has 0 amide bonds. The first-order chi connectivity index (χ1) is 14.4. The third kappa shape index (κ3) is 4.63. The van der Waals surface area contributed by atoms with E-state index in [0.717, 1.165) is 18.7 Å². The molecule has 1 saturated heterocycles. The Hall–Kier alpha value is -2.10. The van der Waals surface area contributed by atoms with Crippen LogP contribution in [0.1, 0.15) is 38.3 Å². The van der Waals surface area contributed by atoms with Gasteiger partial charge in [0.25, 0.3) is 0 Å². The van der Waals surface area contributed by atoms with Crippen molar-refractivity contribution < 1.29 is 18.6 Å². The summed E-state index contributed by atoms with van der Waals surface area (Å²) in [5.74, 6) is 0.439. The maximum Gasteiger partial charge on any atom is 0.139 e. The summed E-state index contributed by atoms with van der Waals surface area (Å²) in [7, 11) is 1.65. The van der Waals surface area contributed by atoms with Crippen LogP contribution in [0.2, 0.25) is 0 Å². The number of hydrogen-bond acceptors (Lipinski definition) is 8. The minimum absolute atomic E-state index is 0.0232. The summed E-state index contributed by atoms with van der Waals surface area (Å²) in [4.78, 5) is 10.8. The van der Waals surface area contributed by atoms with Gasteiger partial charge in [-0.15, -0.1) is 0 Å². The number of aromatic nitrogens is 2. The summed E-state index contributed by atoms with van der Waals surface area (Å²) in [6.45, 7) is 4.45. The van der Waals surface area contributed by atoms with E-state index in [2.05, 4.69) is 14.9 Å². The average Bonchev–Trinajstić information content (AvgIpc) is 3.47. The number of morpholine rings is 1. The second-order valence-electron chi connectivity index (χ2n) is 8.63. The fourth-order valence-corrected chi connectivity index (χ4v) is 3.98. The standard InChI is InChI=1S/C21H30FN5O3/c1-21(3-4-21)30-18-7-14(16(23)8-15(18)22)20(24)17-9-19(26-12-25-17)27-5-6-29-13(10-27)11-28-2/h9,12-14,16,24H,3-8,10-11,23H2,1-2H3. The zero-order valence-electron chi connectivity index (χ0n) is 17.6. The van der Waals surface area contributed by atoms with Gasteiger partial charge in [0, 0.05) is 51.1 Å². The van der Waals surface area contributed by atoms with Crippen molar-refractivity contribution in [3.05, 3.63) is 29.7 Å². The Bertz CT molecular complexity index is 827. The van der Waals surface area contributed by atoms with Crippen molar-refractivity contribution in [3.63, 3.8) is 0 Å². The van der Waals surface area contributed by atoms with Crippen LogP contribution >= 0.6 is 0 Å². The summed E-state index contributed by atoms with van der Waals surface area (Å²) in [5, 5.41) is 8.74. The van der Waals surface area contributed by atoms with Crippen molar-refractivity contribution in [1.29, 1.82) is 5.41 Å². The van der Waals surface area contributed by atoms with Crippen molar-refractivity contribution >= 4 is 11.5 Å². The van der Waals surface area contributed by atoms with Gasteiger partial charge in [-0.25, -0.2) is 14.4 Å². The highest BCUT2D eigenvalue weighted by atomic mass is 19.1. The van der Waals surface area contributed by atoms with Gasteiger partial charge in [0.05, 0.1) is 30.7 Å². The molecule has 8 nitrogen and oxygen atoms in total. The number of allylic oxidation sites excluding steroid dienone is 1. The van der Waals surface area contributed by atoms with Crippen LogP contribution in [0.4, 0.5) is 10.2 Å². The quantitative estimate of drug-likeness (QED) is 0.653. The Kier molecular flexibility index (Phi) is 6.04. The Balaban J connectivity index is 1.48. The van der Waals surface area contributed by atoms with Gasteiger partial charge in [0.15, 0.2) is 0 Å². The van der Waals surface area contributed by atoms with Crippen LogP contribution in [0, 0.1) is 11.3 Å². The number of ether oxygens (including phenoxy) is 3. The van der Waals surface area contributed by atoms with Crippen molar-refractivity contribution in [1.82, 2.24) is 9.97 Å². The molecule has 2 aliphatic carbocycles. The summed E-state index contributed by atoms with van der Waals surface area (Å²) in [6, 6.07) is 1.33. The molecule has 0 spiro atoms. The molecular formula is C21H30FN5O3. The Labute approximate surface area is 176 Å². The molecule has 4 rings (SSSR count). The lowest BCUT2D eigenvalue weighted by molar-refractivity contribution is -0.0102. The van der Waals surface area contributed by atoms with Crippen molar-refractivity contribution in [2.24, 2.45) is 11.7 Å². The molecule has 3 unspecified atom stereocenters. The molecule has 1 aromatic heterocycles. The summed E-state index contributed by atoms with van der Waals surface area (Å²) < 4.78 is 31.3. The van der Waals surface area contributed by atoms with Crippen LogP contribution in [0.15, 0.2) is 24.0 Å². The lowest BCUT2D eigenvalue weighted by Crippen LogP contribution is -2.45. The highest BCUT2D eigenvalue weighted by Gasteiger charge is 2.43. The van der Waals surface area contributed by atoms with Gasteiger partial charge in [-0.3, -0.25) is 0 Å². The van der Waals surface area contributed by atoms with Gasteiger partial charge in [0.1, 0.15) is 29.3 Å². The highest BCUT2D eigenvalue weighted by Crippen LogP contribution is 2.44. The number of anilines is 1. The number of methoxy groups -OCH3 is 1. The lowest BCUT2D eigenvalue weighted by Gasteiger charge is -2.34. The number of nitrogens with one attached hydrogen (secondary N) is 1. The van der Waals surface area contributed by atoms with Gasteiger partial charge in [0.2, 0.25) is 0 Å². The first-order valence-corrected chi connectivity index (χ1v) is 10.5. The van der Waals surface area contributed by atoms with E-state index in [0.29, 0.717) is 43.5 Å². The topological polar surface area (TPSA) is 107 Å². The summed E-state index contributed by atoms with van der Waals surface area (Å²) >= 11 is 0. The Morgan fingerprint density at radius 3 is 2.93 bits per heavy atom. The molecule has 1 aromatic rings. The molecule has 30 heavy (non-hydrogen) atoms. The first-order valence-electron chi connectivity index (χ1n) is 10.5. The van der Waals surface area contributed by atoms with Gasteiger partial charge in [-0.1, -0.05) is 0 Å². The molecule has 164 valence electrons. The monoisotopic (exact) mass is 419 g/mol. The smallest absolute Gasteiger partial charge is 0.139 e. The third-order valence-corrected chi connectivity index (χ3v) is 6.08. The largest absolute Gasteiger partial charge is 0.489 e. The fraction of sp³-hybridized carbons (Fsp3) is 0.667. The molecule has 9 heteroatoms. The zero-order chi connectivity index (χ0) is 21.3. The van der Waals surface area contributed by atoms with Gasteiger partial charge < -0.3 is 30.3 Å². The number of rotatable bonds is 7. The Morgan fingerprint density at radius 1 is 1.40 bits per heavy atom. The molecular weight excluding hydrogens is 389 g/mol. The molecule has 3 N–H and O–H groups in total. The summed E-state index contributed by atoms with van der Waals surface area (Å²) in [5.41, 5.74) is 6.76. The molecule has 2 heterocycles. The van der Waals surface area contributed by atoms with Gasteiger partial charge in [-0.05, 0) is 19.8 Å². The van der Waals surface area contributed by atoms with E-state index in [-0.39, 0.29) is 36.3 Å². The molecule has 0 radical (unpaired) electrons. The second kappa shape index (κ2) is 8.56. The van der Waals surface area contributed by atoms with E-state index in [1.54, 1.807) is 7.11 Å². The maximum atomic E-state index is 14.5. The number of nitrogens with two attached hydrogens (primary N) is 1. The molecule has 0 bridgehead atoms. The van der Waals surface area contributed by atoms with Gasteiger partial charge in [-0.2, -0.15) is 0 Å². The number of hydrogen-bond donors (Lipinski definition) is 2. The van der Waals surface area contributed by atoms with Crippen LogP contribution in [0.3, 0.4) is 0 Å². The predicted molar refractivity (Wildman–Crippen MR) is 110 cm³/mol. The highest BCUT2D eigenvalue weighted by molar-refractivity contribution is 5.99. The van der Waals surface area contributed by atoms with Crippen LogP contribution in [0.25, 0.3) is 0 Å². The van der Waals surface area contributed by atoms with E-state index >= 15 is 0 Å². The minimum atomic E-state index is -0.482. The minimum Gasteiger partial charge on any atom is -0.489 e. The van der Waals surface area contributed by atoms with E-state index in [4.69, 9.17) is 25.4 Å². The number of halogens is 1. The first kappa shape index (κ1) is 21.1. The van der Waals surface area contributed by atoms with E-state index < -0.39 is 6.04 Å². The average molecular weight is 420 g/mol. The fourth-order valence-electron chi connectivity index (χ4n) is 3.98. The number of nitrogens with zero attached hydrogens (tertiary/aromatic N) is 3. The maximum absolute atomic E-state index is 14.5. The lowest BCUT2D eigenvalue weighted by atomic mass is 9.83. The summed E-state index contributed by atoms with van der Waals surface area (Å²) in [6.07, 6.45) is 3.67. The molecule has 1 saturated carbocycles. The van der Waals surface area contributed by atoms with E-state index in [9.17, 15) is 4.39 Å². The normalized spacial score (nSPS) is 28.4. The van der Waals surface area contributed by atoms with Crippen LogP contribution < -0.4 is 10.6 Å². The molecule has 0 aromatic carbocycles. The van der Waals surface area contributed by atoms with Crippen LogP contribution in [-0.4, -0.2) is 66.8 Å². The second-order valence-corrected chi connectivity index (χ2v) is 8.63. The van der Waals surface area contributed by atoms with Gasteiger partial charge >= 0.3 is 0 Å².